The predicted octanol–water partition coefficient (Wildman–Crippen LogP) is 3.03. The van der Waals surface area contributed by atoms with Crippen molar-refractivity contribution >= 4 is 35.7 Å². The van der Waals surface area contributed by atoms with Gasteiger partial charge in [-0.15, -0.1) is 0 Å². The van der Waals surface area contributed by atoms with E-state index in [1.807, 2.05) is 36.4 Å². The SMILES string of the molecule is NC(=O)CC[C@H](N)C(=O)Oc1ccc(N=C(NC(=O)OCc2ccccc2)NC(=O)OCc2ccccc2)cc1. The van der Waals surface area contributed by atoms with Crippen molar-refractivity contribution in [2.45, 2.75) is 32.1 Å². The number of rotatable bonds is 10. The molecule has 3 rings (SSSR count). The van der Waals surface area contributed by atoms with Gasteiger partial charge in [0.25, 0.3) is 0 Å². The molecule has 3 aromatic rings. The van der Waals surface area contributed by atoms with Gasteiger partial charge in [-0.1, -0.05) is 60.7 Å². The highest BCUT2D eigenvalue weighted by molar-refractivity contribution is 6.02. The van der Waals surface area contributed by atoms with Crippen LogP contribution >= 0.6 is 0 Å². The molecule has 0 fully saturated rings. The van der Waals surface area contributed by atoms with E-state index in [0.717, 1.165) is 11.1 Å². The van der Waals surface area contributed by atoms with Crippen molar-refractivity contribution in [1.29, 1.82) is 0 Å². The molecule has 1 atom stereocenters. The third-order valence-electron chi connectivity index (χ3n) is 5.17. The second kappa shape index (κ2) is 15.2. The van der Waals surface area contributed by atoms with Crippen LogP contribution in [0, 0.1) is 0 Å². The Kier molecular flexibility index (Phi) is 11.2. The molecule has 0 heterocycles. The molecule has 3 aromatic carbocycles. The van der Waals surface area contributed by atoms with Crippen molar-refractivity contribution in [2.75, 3.05) is 0 Å². The highest BCUT2D eigenvalue weighted by Crippen LogP contribution is 2.19. The number of esters is 1. The molecule has 208 valence electrons. The first-order chi connectivity index (χ1) is 19.3. The van der Waals surface area contributed by atoms with Crippen LogP contribution in [0.15, 0.2) is 89.9 Å². The van der Waals surface area contributed by atoms with Gasteiger partial charge in [0.1, 0.15) is 25.0 Å². The largest absolute Gasteiger partial charge is 0.444 e. The van der Waals surface area contributed by atoms with Crippen LogP contribution in [0.2, 0.25) is 0 Å². The summed E-state index contributed by atoms with van der Waals surface area (Å²) in [4.78, 5) is 52.0. The zero-order valence-corrected chi connectivity index (χ0v) is 21.4. The number of carbonyl (C=O) groups excluding carboxylic acids is 4. The highest BCUT2D eigenvalue weighted by Gasteiger charge is 2.17. The average Bonchev–Trinajstić information content (AvgIpc) is 2.95. The summed E-state index contributed by atoms with van der Waals surface area (Å²) < 4.78 is 15.6. The van der Waals surface area contributed by atoms with E-state index < -0.39 is 30.1 Å². The summed E-state index contributed by atoms with van der Waals surface area (Å²) >= 11 is 0. The molecule has 0 aromatic heterocycles. The second-order valence-electron chi connectivity index (χ2n) is 8.36. The van der Waals surface area contributed by atoms with Crippen LogP contribution in [0.3, 0.4) is 0 Å². The van der Waals surface area contributed by atoms with Crippen LogP contribution in [0.5, 0.6) is 5.75 Å². The summed E-state index contributed by atoms with van der Waals surface area (Å²) in [5.74, 6) is -1.39. The van der Waals surface area contributed by atoms with E-state index in [2.05, 4.69) is 15.6 Å². The van der Waals surface area contributed by atoms with E-state index in [0.29, 0.717) is 5.69 Å². The fraction of sp³-hybridized carbons (Fsp3) is 0.179. The minimum atomic E-state index is -1.02. The van der Waals surface area contributed by atoms with Gasteiger partial charge >= 0.3 is 18.2 Å². The number of hydrogen-bond donors (Lipinski definition) is 4. The molecule has 0 aliphatic rings. The van der Waals surface area contributed by atoms with Gasteiger partial charge in [0, 0.05) is 6.42 Å². The molecule has 0 unspecified atom stereocenters. The molecule has 0 spiro atoms. The minimum Gasteiger partial charge on any atom is -0.444 e. The number of benzene rings is 3. The number of amides is 3. The lowest BCUT2D eigenvalue weighted by atomic mass is 10.1. The maximum atomic E-state index is 12.4. The van der Waals surface area contributed by atoms with Gasteiger partial charge in [-0.25, -0.2) is 19.4 Å². The number of aliphatic imine (C=N–C) groups is 1. The van der Waals surface area contributed by atoms with Crippen molar-refractivity contribution in [3.8, 4) is 5.75 Å². The third-order valence-corrected chi connectivity index (χ3v) is 5.17. The van der Waals surface area contributed by atoms with E-state index in [1.54, 1.807) is 24.3 Å². The summed E-state index contributed by atoms with van der Waals surface area (Å²) in [5, 5.41) is 4.77. The van der Waals surface area contributed by atoms with Crippen molar-refractivity contribution in [3.05, 3.63) is 96.1 Å². The molecule has 0 saturated heterocycles. The highest BCUT2D eigenvalue weighted by atomic mass is 16.6. The van der Waals surface area contributed by atoms with Crippen LogP contribution in [0.1, 0.15) is 24.0 Å². The first kappa shape index (κ1) is 29.3. The Morgan fingerprint density at radius 1 is 0.750 bits per heavy atom. The smallest absolute Gasteiger partial charge is 0.414 e. The molecule has 6 N–H and O–H groups in total. The van der Waals surface area contributed by atoms with Crippen LogP contribution < -0.4 is 26.8 Å². The summed E-state index contributed by atoms with van der Waals surface area (Å²) in [6.45, 7) is 0.0000971. The van der Waals surface area contributed by atoms with Gasteiger partial charge < -0.3 is 25.7 Å². The van der Waals surface area contributed by atoms with Crippen LogP contribution in [0.4, 0.5) is 15.3 Å². The Labute approximate surface area is 230 Å². The van der Waals surface area contributed by atoms with E-state index in [9.17, 15) is 19.2 Å². The van der Waals surface area contributed by atoms with E-state index in [4.69, 9.17) is 25.7 Å². The second-order valence-corrected chi connectivity index (χ2v) is 8.36. The lowest BCUT2D eigenvalue weighted by molar-refractivity contribution is -0.136. The number of ether oxygens (including phenoxy) is 3. The zero-order chi connectivity index (χ0) is 28.7. The molecule has 3 amide bonds. The first-order valence-corrected chi connectivity index (χ1v) is 12.2. The number of guanidine groups is 1. The fourth-order valence-corrected chi connectivity index (χ4v) is 3.12. The van der Waals surface area contributed by atoms with Gasteiger partial charge in [0.15, 0.2) is 0 Å². The van der Waals surface area contributed by atoms with Crippen LogP contribution in [0.25, 0.3) is 0 Å². The maximum absolute atomic E-state index is 12.4. The zero-order valence-electron chi connectivity index (χ0n) is 21.4. The summed E-state index contributed by atoms with van der Waals surface area (Å²) in [7, 11) is 0. The molecular formula is C28H29N5O7. The van der Waals surface area contributed by atoms with Gasteiger partial charge in [-0.3, -0.25) is 15.4 Å². The van der Waals surface area contributed by atoms with Crippen molar-refractivity contribution in [2.24, 2.45) is 16.5 Å². The fourth-order valence-electron chi connectivity index (χ4n) is 3.12. The van der Waals surface area contributed by atoms with Crippen LogP contribution in [-0.4, -0.2) is 36.1 Å². The summed E-state index contributed by atoms with van der Waals surface area (Å²) in [5.41, 5.74) is 12.6. The number of alkyl carbamates (subject to hydrolysis) is 2. The molecular weight excluding hydrogens is 518 g/mol. The molecule has 0 bridgehead atoms. The number of primary amides is 1. The standard InChI is InChI=1S/C28H29N5O7/c29-23(15-16-24(30)34)25(35)40-22-13-11-21(12-14-22)31-26(32-27(36)38-17-19-7-3-1-4-8-19)33-28(37)39-18-20-9-5-2-6-10-20/h1-14,23H,15-18,29H2,(H2,30,34)(H2,31,32,33,36,37)/t23-/m0/s1. The lowest BCUT2D eigenvalue weighted by Gasteiger charge is -2.12. The predicted molar refractivity (Wildman–Crippen MR) is 145 cm³/mol. The Morgan fingerprint density at radius 3 is 1.73 bits per heavy atom. The third kappa shape index (κ3) is 10.6. The summed E-state index contributed by atoms with van der Waals surface area (Å²) in [6.07, 6.45) is -1.71. The van der Waals surface area contributed by atoms with Gasteiger partial charge in [-0.2, -0.15) is 0 Å². The number of nitrogens with one attached hydrogen (secondary N) is 2. The topological polar surface area (TPSA) is 184 Å². The maximum Gasteiger partial charge on any atom is 0.414 e. The average molecular weight is 548 g/mol. The Balaban J connectivity index is 1.65. The van der Waals surface area contributed by atoms with Crippen molar-refractivity contribution in [1.82, 2.24) is 10.6 Å². The molecule has 0 aliphatic carbocycles. The van der Waals surface area contributed by atoms with Crippen molar-refractivity contribution in [3.63, 3.8) is 0 Å². The molecule has 40 heavy (non-hydrogen) atoms. The van der Waals surface area contributed by atoms with Gasteiger partial charge in [0.2, 0.25) is 11.9 Å². The Morgan fingerprint density at radius 2 is 1.25 bits per heavy atom. The van der Waals surface area contributed by atoms with Crippen molar-refractivity contribution < 1.29 is 33.4 Å². The molecule has 0 radical (unpaired) electrons. The molecule has 0 aliphatic heterocycles. The van der Waals surface area contributed by atoms with E-state index in [-0.39, 0.29) is 37.8 Å². The molecule has 0 saturated carbocycles. The van der Waals surface area contributed by atoms with Gasteiger partial charge in [0.05, 0.1) is 5.69 Å². The van der Waals surface area contributed by atoms with Gasteiger partial charge in [-0.05, 0) is 41.8 Å². The first-order valence-electron chi connectivity index (χ1n) is 12.2. The quantitative estimate of drug-likeness (QED) is 0.129. The number of carbonyl (C=O) groups is 4. The Bertz CT molecular complexity index is 1260. The summed E-state index contributed by atoms with van der Waals surface area (Å²) in [6, 6.07) is 22.9. The Hall–Kier alpha value is -5.23. The monoisotopic (exact) mass is 547 g/mol. The number of nitrogens with two attached hydrogens (primary N) is 2. The normalized spacial score (nSPS) is 10.9. The van der Waals surface area contributed by atoms with E-state index >= 15 is 0 Å². The van der Waals surface area contributed by atoms with E-state index in [1.165, 1.54) is 24.3 Å². The molecule has 12 heteroatoms. The number of hydrogen-bond acceptors (Lipinski definition) is 9. The van der Waals surface area contributed by atoms with Crippen LogP contribution in [-0.2, 0) is 32.3 Å². The molecule has 12 nitrogen and oxygen atoms in total. The minimum absolute atomic E-state index is 0.0000485. The lowest BCUT2D eigenvalue weighted by Crippen LogP contribution is -2.44. The number of nitrogens with zero attached hydrogens (tertiary/aromatic N) is 1.